The highest BCUT2D eigenvalue weighted by Crippen LogP contribution is 2.55. The summed E-state index contributed by atoms with van der Waals surface area (Å²) in [7, 11) is 0. The molecule has 1 saturated carbocycles. The van der Waals surface area contributed by atoms with Crippen LogP contribution in [0.15, 0.2) is 11.6 Å². The fourth-order valence-corrected chi connectivity index (χ4v) is 3.84. The SMILES string of the molecule is CCC1(C)CC2C(=CCCC2(C)C)CC1C. The minimum atomic E-state index is 0.542. The first-order valence-corrected chi connectivity index (χ1v) is 7.08. The Morgan fingerprint density at radius 2 is 2.00 bits per heavy atom. The molecule has 3 atom stereocenters. The first kappa shape index (κ1) is 12.2. The van der Waals surface area contributed by atoms with Gasteiger partial charge in [0.2, 0.25) is 0 Å². The third-order valence-electron chi connectivity index (χ3n) is 5.80. The van der Waals surface area contributed by atoms with E-state index >= 15 is 0 Å². The van der Waals surface area contributed by atoms with Crippen molar-refractivity contribution in [1.82, 2.24) is 0 Å². The average Bonchev–Trinajstić information content (AvgIpc) is 2.21. The van der Waals surface area contributed by atoms with Gasteiger partial charge in [0.15, 0.2) is 0 Å². The summed E-state index contributed by atoms with van der Waals surface area (Å²) < 4.78 is 0. The lowest BCUT2D eigenvalue weighted by molar-refractivity contribution is 0.0558. The Labute approximate surface area is 102 Å². The normalized spacial score (nSPS) is 42.4. The number of allylic oxidation sites excluding steroid dienone is 2. The summed E-state index contributed by atoms with van der Waals surface area (Å²) in [6.45, 7) is 12.3. The van der Waals surface area contributed by atoms with Crippen molar-refractivity contribution in [3.8, 4) is 0 Å². The minimum Gasteiger partial charge on any atom is -0.0850 e. The molecule has 3 unspecified atom stereocenters. The summed E-state index contributed by atoms with van der Waals surface area (Å²) in [5.74, 6) is 1.73. The van der Waals surface area contributed by atoms with E-state index in [9.17, 15) is 0 Å². The number of hydrogen-bond acceptors (Lipinski definition) is 0. The molecule has 92 valence electrons. The van der Waals surface area contributed by atoms with Crippen LogP contribution in [-0.2, 0) is 0 Å². The van der Waals surface area contributed by atoms with Gasteiger partial charge < -0.3 is 0 Å². The van der Waals surface area contributed by atoms with Crippen LogP contribution in [0, 0.1) is 22.7 Å². The second-order valence-corrected chi connectivity index (χ2v) is 7.18. The van der Waals surface area contributed by atoms with E-state index in [4.69, 9.17) is 0 Å². The van der Waals surface area contributed by atoms with Crippen LogP contribution in [0.3, 0.4) is 0 Å². The van der Waals surface area contributed by atoms with Crippen molar-refractivity contribution >= 4 is 0 Å². The zero-order chi connectivity index (χ0) is 12.0. The molecule has 0 aromatic heterocycles. The third kappa shape index (κ3) is 1.85. The Balaban J connectivity index is 2.28. The van der Waals surface area contributed by atoms with Gasteiger partial charge in [-0.1, -0.05) is 52.7 Å². The Hall–Kier alpha value is -0.260. The second-order valence-electron chi connectivity index (χ2n) is 7.18. The zero-order valence-electron chi connectivity index (χ0n) is 11.8. The van der Waals surface area contributed by atoms with Crippen LogP contribution in [0.5, 0.6) is 0 Å². The first-order valence-electron chi connectivity index (χ1n) is 7.08. The summed E-state index contributed by atoms with van der Waals surface area (Å²) in [6, 6.07) is 0. The lowest BCUT2D eigenvalue weighted by atomic mass is 9.54. The van der Waals surface area contributed by atoms with Crippen LogP contribution in [-0.4, -0.2) is 0 Å². The molecule has 2 aliphatic rings. The van der Waals surface area contributed by atoms with Gasteiger partial charge >= 0.3 is 0 Å². The van der Waals surface area contributed by atoms with Crippen molar-refractivity contribution in [2.45, 2.75) is 66.7 Å². The summed E-state index contributed by atoms with van der Waals surface area (Å²) in [5.41, 5.74) is 2.91. The predicted octanol–water partition coefficient (Wildman–Crippen LogP) is 5.20. The molecule has 2 rings (SSSR count). The van der Waals surface area contributed by atoms with Gasteiger partial charge in [-0.3, -0.25) is 0 Å². The fraction of sp³-hybridized carbons (Fsp3) is 0.875. The van der Waals surface area contributed by atoms with Crippen LogP contribution in [0.1, 0.15) is 66.7 Å². The van der Waals surface area contributed by atoms with Gasteiger partial charge in [-0.15, -0.1) is 0 Å². The van der Waals surface area contributed by atoms with Gasteiger partial charge in [0, 0.05) is 0 Å². The second kappa shape index (κ2) is 3.89. The van der Waals surface area contributed by atoms with Crippen molar-refractivity contribution in [2.24, 2.45) is 22.7 Å². The van der Waals surface area contributed by atoms with Gasteiger partial charge in [0.25, 0.3) is 0 Å². The van der Waals surface area contributed by atoms with Crippen LogP contribution < -0.4 is 0 Å². The van der Waals surface area contributed by atoms with Crippen LogP contribution in [0.2, 0.25) is 0 Å². The monoisotopic (exact) mass is 220 g/mol. The van der Waals surface area contributed by atoms with Crippen molar-refractivity contribution in [1.29, 1.82) is 0 Å². The molecular weight excluding hydrogens is 192 g/mol. The number of rotatable bonds is 1. The largest absolute Gasteiger partial charge is 0.0850 e. The molecule has 0 heteroatoms. The summed E-state index contributed by atoms with van der Waals surface area (Å²) in [6.07, 6.45) is 9.38. The molecule has 0 amide bonds. The minimum absolute atomic E-state index is 0.542. The molecule has 0 saturated heterocycles. The molecule has 0 N–H and O–H groups in total. The zero-order valence-corrected chi connectivity index (χ0v) is 11.8. The predicted molar refractivity (Wildman–Crippen MR) is 71.4 cm³/mol. The lowest BCUT2D eigenvalue weighted by Gasteiger charge is -2.51. The van der Waals surface area contributed by atoms with Gasteiger partial charge in [0.1, 0.15) is 0 Å². The number of fused-ring (bicyclic) bond motifs is 1. The van der Waals surface area contributed by atoms with Gasteiger partial charge in [-0.05, 0) is 48.3 Å². The molecule has 16 heavy (non-hydrogen) atoms. The number of hydrogen-bond donors (Lipinski definition) is 0. The van der Waals surface area contributed by atoms with E-state index in [1.54, 1.807) is 5.57 Å². The molecule has 0 nitrogen and oxygen atoms in total. The maximum Gasteiger partial charge on any atom is -0.0146 e. The highest BCUT2D eigenvalue weighted by atomic mass is 14.5. The Kier molecular flexibility index (Phi) is 2.97. The molecule has 0 aromatic carbocycles. The molecule has 0 heterocycles. The summed E-state index contributed by atoms with van der Waals surface area (Å²) in [4.78, 5) is 0. The van der Waals surface area contributed by atoms with Crippen molar-refractivity contribution in [3.05, 3.63) is 11.6 Å². The lowest BCUT2D eigenvalue weighted by Crippen LogP contribution is -2.41. The van der Waals surface area contributed by atoms with Gasteiger partial charge in [-0.2, -0.15) is 0 Å². The van der Waals surface area contributed by atoms with Gasteiger partial charge in [-0.25, -0.2) is 0 Å². The third-order valence-corrected chi connectivity index (χ3v) is 5.80. The van der Waals surface area contributed by atoms with E-state index < -0.39 is 0 Å². The van der Waals surface area contributed by atoms with E-state index in [1.807, 2.05) is 0 Å². The quantitative estimate of drug-likeness (QED) is 0.533. The summed E-state index contributed by atoms with van der Waals surface area (Å²) >= 11 is 0. The van der Waals surface area contributed by atoms with E-state index in [2.05, 4.69) is 40.7 Å². The maximum absolute atomic E-state index is 2.56. The van der Waals surface area contributed by atoms with Crippen molar-refractivity contribution in [2.75, 3.05) is 0 Å². The molecule has 2 aliphatic carbocycles. The van der Waals surface area contributed by atoms with Crippen molar-refractivity contribution in [3.63, 3.8) is 0 Å². The van der Waals surface area contributed by atoms with Crippen molar-refractivity contribution < 1.29 is 0 Å². The van der Waals surface area contributed by atoms with Gasteiger partial charge in [0.05, 0.1) is 0 Å². The first-order chi connectivity index (χ1) is 7.39. The van der Waals surface area contributed by atoms with E-state index in [1.165, 1.54) is 32.1 Å². The van der Waals surface area contributed by atoms with Crippen LogP contribution in [0.25, 0.3) is 0 Å². The molecular formula is C16H28. The van der Waals surface area contributed by atoms with E-state index in [0.717, 1.165) is 11.8 Å². The molecule has 0 bridgehead atoms. The van der Waals surface area contributed by atoms with E-state index in [0.29, 0.717) is 10.8 Å². The summed E-state index contributed by atoms with van der Waals surface area (Å²) in [5, 5.41) is 0. The molecule has 0 radical (unpaired) electrons. The highest BCUT2D eigenvalue weighted by molar-refractivity contribution is 5.19. The van der Waals surface area contributed by atoms with E-state index in [-0.39, 0.29) is 0 Å². The Morgan fingerprint density at radius 3 is 2.62 bits per heavy atom. The average molecular weight is 220 g/mol. The Morgan fingerprint density at radius 1 is 1.31 bits per heavy atom. The molecule has 1 fully saturated rings. The maximum atomic E-state index is 2.56. The van der Waals surface area contributed by atoms with Crippen LogP contribution >= 0.6 is 0 Å². The van der Waals surface area contributed by atoms with Crippen LogP contribution in [0.4, 0.5) is 0 Å². The molecule has 0 spiro atoms. The highest BCUT2D eigenvalue weighted by Gasteiger charge is 2.45. The Bertz CT molecular complexity index is 297. The molecule has 0 aromatic rings. The smallest absolute Gasteiger partial charge is 0.0146 e. The fourth-order valence-electron chi connectivity index (χ4n) is 3.84. The standard InChI is InChI=1S/C16H28/c1-6-16(5)11-14-13(10-12(16)2)8-7-9-15(14,3)4/h8,12,14H,6-7,9-11H2,1-5H3. The topological polar surface area (TPSA) is 0 Å². The molecule has 0 aliphatic heterocycles.